The molecule has 202 valence electrons. The maximum absolute atomic E-state index is 6.65. The van der Waals surface area contributed by atoms with E-state index in [2.05, 4.69) is 72.6 Å². The Labute approximate surface area is 225 Å². The number of hydrogen-bond acceptors (Lipinski definition) is 6. The van der Waals surface area contributed by atoms with E-state index in [0.717, 1.165) is 22.3 Å². The number of hydrogen-bond donors (Lipinski definition) is 0. The molecular weight excluding hydrogens is 481 g/mol. The van der Waals surface area contributed by atoms with Crippen molar-refractivity contribution in [1.82, 2.24) is 4.98 Å². The molecule has 8 heteroatoms. The van der Waals surface area contributed by atoms with Crippen LogP contribution in [0.15, 0.2) is 42.6 Å². The van der Waals surface area contributed by atoms with Gasteiger partial charge >= 0.3 is 7.12 Å². The second-order valence-corrected chi connectivity index (χ2v) is 16.9. The summed E-state index contributed by atoms with van der Waals surface area (Å²) in [5.41, 5.74) is 3.11. The number of methoxy groups -OCH3 is 1. The molecular formula is C29H44BNO5Si. The molecule has 1 aliphatic rings. The Morgan fingerprint density at radius 2 is 1.65 bits per heavy atom. The highest BCUT2D eigenvalue weighted by Gasteiger charge is 2.50. The van der Waals surface area contributed by atoms with Crippen LogP contribution in [0.5, 0.6) is 11.5 Å². The van der Waals surface area contributed by atoms with Crippen molar-refractivity contribution in [2.45, 2.75) is 84.7 Å². The molecule has 6 nitrogen and oxygen atoms in total. The van der Waals surface area contributed by atoms with Gasteiger partial charge in [0.25, 0.3) is 0 Å². The monoisotopic (exact) mass is 525 g/mol. The van der Waals surface area contributed by atoms with Gasteiger partial charge in [-0.3, -0.25) is 4.98 Å². The molecule has 0 atom stereocenters. The van der Waals surface area contributed by atoms with Gasteiger partial charge in [0, 0.05) is 18.0 Å². The first-order valence-corrected chi connectivity index (χ1v) is 16.0. The lowest BCUT2D eigenvalue weighted by Gasteiger charge is -2.36. The summed E-state index contributed by atoms with van der Waals surface area (Å²) in [5, 5.41) is 0.0985. The van der Waals surface area contributed by atoms with Crippen molar-refractivity contribution < 1.29 is 23.2 Å². The first kappa shape index (κ1) is 29.4. The maximum Gasteiger partial charge on any atom is 0.487 e. The van der Waals surface area contributed by atoms with E-state index in [1.165, 1.54) is 0 Å². The molecule has 2 aromatic rings. The number of ether oxygens (including phenoxy) is 2. The molecule has 0 bridgehead atoms. The van der Waals surface area contributed by atoms with Crippen molar-refractivity contribution in [3.05, 3.63) is 48.2 Å². The Kier molecular flexibility index (Phi) is 8.69. The Balaban J connectivity index is 2.01. The fourth-order valence-electron chi connectivity index (χ4n) is 3.72. The van der Waals surface area contributed by atoms with E-state index in [1.807, 2.05) is 43.5 Å². The number of aromatic nitrogens is 1. The molecule has 1 saturated heterocycles. The summed E-state index contributed by atoms with van der Waals surface area (Å²) in [7, 11) is -0.818. The number of pyridine rings is 1. The quantitative estimate of drug-likeness (QED) is 0.323. The molecule has 0 saturated carbocycles. The second kappa shape index (κ2) is 10.9. The average molecular weight is 526 g/mol. The Hall–Kier alpha value is -2.13. The molecule has 3 rings (SSSR count). The third kappa shape index (κ3) is 6.66. The van der Waals surface area contributed by atoms with Gasteiger partial charge in [-0.2, -0.15) is 0 Å². The lowest BCUT2D eigenvalue weighted by atomic mass is 9.85. The van der Waals surface area contributed by atoms with Crippen molar-refractivity contribution in [3.63, 3.8) is 0 Å². The largest absolute Gasteiger partial charge is 0.493 e. The third-order valence-electron chi connectivity index (χ3n) is 7.91. The van der Waals surface area contributed by atoms with Crippen LogP contribution in [-0.4, -0.2) is 51.9 Å². The summed E-state index contributed by atoms with van der Waals surface area (Å²) in [5.74, 6) is 3.46. The topological polar surface area (TPSA) is 59.0 Å². The van der Waals surface area contributed by atoms with Crippen molar-refractivity contribution >= 4 is 21.0 Å². The molecule has 0 unspecified atom stereocenters. The van der Waals surface area contributed by atoms with E-state index in [4.69, 9.17) is 23.2 Å². The van der Waals surface area contributed by atoms with Gasteiger partial charge in [-0.1, -0.05) is 26.8 Å². The second-order valence-electron chi connectivity index (χ2n) is 12.1. The van der Waals surface area contributed by atoms with Gasteiger partial charge < -0.3 is 23.2 Å². The van der Waals surface area contributed by atoms with Gasteiger partial charge in [0.15, 0.2) is 19.8 Å². The van der Waals surface area contributed by atoms with E-state index in [9.17, 15) is 0 Å². The van der Waals surface area contributed by atoms with Crippen LogP contribution in [0.4, 0.5) is 0 Å². The van der Waals surface area contributed by atoms with Gasteiger partial charge in [0.05, 0.1) is 31.5 Å². The minimum absolute atomic E-state index is 0.0985. The molecule has 0 aliphatic carbocycles. The number of rotatable bonds is 9. The molecule has 37 heavy (non-hydrogen) atoms. The lowest BCUT2D eigenvalue weighted by Crippen LogP contribution is -2.41. The molecule has 1 aliphatic heterocycles. The predicted octanol–water partition coefficient (Wildman–Crippen LogP) is 7.19. The fourth-order valence-corrected chi connectivity index (χ4v) is 4.67. The van der Waals surface area contributed by atoms with Crippen LogP contribution in [0, 0.1) is 0 Å². The summed E-state index contributed by atoms with van der Waals surface area (Å²) in [6.45, 7) is 22.5. The van der Waals surface area contributed by atoms with Gasteiger partial charge in [-0.25, -0.2) is 0 Å². The minimum Gasteiger partial charge on any atom is -0.493 e. The smallest absolute Gasteiger partial charge is 0.487 e. The molecule has 0 amide bonds. The van der Waals surface area contributed by atoms with Crippen LogP contribution in [0.2, 0.25) is 18.1 Å². The normalized spacial score (nSPS) is 17.7. The zero-order valence-corrected chi connectivity index (χ0v) is 25.5. The van der Waals surface area contributed by atoms with Crippen molar-refractivity contribution in [1.29, 1.82) is 0 Å². The maximum atomic E-state index is 6.65. The van der Waals surface area contributed by atoms with E-state index < -0.39 is 26.6 Å². The van der Waals surface area contributed by atoms with Gasteiger partial charge in [-0.15, -0.1) is 0 Å². The molecule has 0 radical (unpaired) electrons. The standard InChI is InChI=1S/C29H44BNO5Si/c1-12-33-26-16-21(13-14-25(26)32-9)22-15-23(19-31-18-22)24(20-34-37(10,11)27(2,3)4)17-30-35-28(5,6)29(7,8)36-30/h13-19H,12,20H2,1-11H3/b24-17+. The van der Waals surface area contributed by atoms with Gasteiger partial charge in [0.1, 0.15) is 0 Å². The van der Waals surface area contributed by atoms with E-state index in [-0.39, 0.29) is 5.04 Å². The summed E-state index contributed by atoms with van der Waals surface area (Å²) >= 11 is 0. The zero-order chi connectivity index (χ0) is 27.6. The highest BCUT2D eigenvalue weighted by atomic mass is 28.4. The van der Waals surface area contributed by atoms with E-state index in [0.29, 0.717) is 24.7 Å². The average Bonchev–Trinajstić information content (AvgIpc) is 3.01. The van der Waals surface area contributed by atoms with Crippen LogP contribution >= 0.6 is 0 Å². The SMILES string of the molecule is CCOc1cc(-c2cncc(/C(=C/B3OC(C)(C)C(C)(C)O3)CO[Si](C)(C)C(C)(C)C)c2)ccc1OC. The third-order valence-corrected chi connectivity index (χ3v) is 12.4. The fraction of sp³-hybridized carbons (Fsp3) is 0.552. The van der Waals surface area contributed by atoms with Gasteiger partial charge in [-0.05, 0) is 93.6 Å². The Morgan fingerprint density at radius 1 is 1.00 bits per heavy atom. The summed E-state index contributed by atoms with van der Waals surface area (Å²) in [4.78, 5) is 4.59. The molecule has 0 N–H and O–H groups in total. The number of nitrogens with zero attached hydrogens (tertiary/aromatic N) is 1. The molecule has 1 aromatic carbocycles. The number of benzene rings is 1. The summed E-state index contributed by atoms with van der Waals surface area (Å²) in [6.07, 6.45) is 3.74. The van der Waals surface area contributed by atoms with Crippen LogP contribution in [0.1, 0.15) is 61.0 Å². The van der Waals surface area contributed by atoms with Crippen LogP contribution in [0.3, 0.4) is 0 Å². The lowest BCUT2D eigenvalue weighted by molar-refractivity contribution is 0.00578. The van der Waals surface area contributed by atoms with E-state index in [1.54, 1.807) is 7.11 Å². The van der Waals surface area contributed by atoms with Crippen LogP contribution in [0.25, 0.3) is 16.7 Å². The van der Waals surface area contributed by atoms with E-state index >= 15 is 0 Å². The highest BCUT2D eigenvalue weighted by Crippen LogP contribution is 2.40. The highest BCUT2D eigenvalue weighted by molar-refractivity contribution is 6.74. The van der Waals surface area contributed by atoms with Crippen molar-refractivity contribution in [3.8, 4) is 22.6 Å². The first-order valence-electron chi connectivity index (χ1n) is 13.1. The predicted molar refractivity (Wildman–Crippen MR) is 155 cm³/mol. The Morgan fingerprint density at radius 3 is 2.22 bits per heavy atom. The molecule has 1 fully saturated rings. The minimum atomic E-state index is -1.99. The molecule has 2 heterocycles. The molecule has 1 aromatic heterocycles. The van der Waals surface area contributed by atoms with Crippen LogP contribution in [-0.2, 0) is 13.7 Å². The van der Waals surface area contributed by atoms with Gasteiger partial charge in [0.2, 0.25) is 0 Å². The summed E-state index contributed by atoms with van der Waals surface area (Å²) in [6, 6.07) is 8.07. The van der Waals surface area contributed by atoms with Crippen molar-refractivity contribution in [2.24, 2.45) is 0 Å². The van der Waals surface area contributed by atoms with Crippen LogP contribution < -0.4 is 9.47 Å². The Bertz CT molecular complexity index is 1110. The van der Waals surface area contributed by atoms with Crippen molar-refractivity contribution in [2.75, 3.05) is 20.3 Å². The summed E-state index contributed by atoms with van der Waals surface area (Å²) < 4.78 is 30.5. The first-order chi connectivity index (χ1) is 17.1. The molecule has 0 spiro atoms. The zero-order valence-electron chi connectivity index (χ0n) is 24.5.